The van der Waals surface area contributed by atoms with Gasteiger partial charge in [-0.3, -0.25) is 14.5 Å². The molecule has 0 unspecified atom stereocenters. The zero-order valence-electron chi connectivity index (χ0n) is 18.2. The molecule has 0 bridgehead atoms. The first kappa shape index (κ1) is 21.7. The largest absolute Gasteiger partial charge is 0.379 e. The standard InChI is InChI=1S/C22H32N6O3/c1-23-21(30)16-14-25-20-17(19(16)29)18(15-6-3-2-4-7-15)26-22(27-20)24-8-5-9-28-10-12-31-13-11-28/h14-15H,2-13H2,1H3,(H,23,30)(H2,24,25,26,27,29). The maximum atomic E-state index is 13.1. The van der Waals surface area contributed by atoms with Gasteiger partial charge >= 0.3 is 0 Å². The first-order chi connectivity index (χ1) is 15.2. The van der Waals surface area contributed by atoms with Crippen molar-refractivity contribution in [1.29, 1.82) is 0 Å². The van der Waals surface area contributed by atoms with Crippen LogP contribution in [0.5, 0.6) is 0 Å². The average molecular weight is 429 g/mol. The maximum absolute atomic E-state index is 13.1. The average Bonchev–Trinajstić information content (AvgIpc) is 2.82. The Morgan fingerprint density at radius 2 is 2.00 bits per heavy atom. The molecule has 9 nitrogen and oxygen atoms in total. The van der Waals surface area contributed by atoms with E-state index in [0.29, 0.717) is 17.0 Å². The van der Waals surface area contributed by atoms with Crippen LogP contribution in [0, 0.1) is 0 Å². The summed E-state index contributed by atoms with van der Waals surface area (Å²) >= 11 is 0. The lowest BCUT2D eigenvalue weighted by atomic mass is 9.85. The van der Waals surface area contributed by atoms with Gasteiger partial charge in [0.15, 0.2) is 0 Å². The highest BCUT2D eigenvalue weighted by Crippen LogP contribution is 2.34. The fourth-order valence-corrected chi connectivity index (χ4v) is 4.53. The van der Waals surface area contributed by atoms with Crippen molar-refractivity contribution in [2.45, 2.75) is 44.4 Å². The third kappa shape index (κ3) is 5.04. The Labute approximate surface area is 182 Å². The normalized spacial score (nSPS) is 18.2. The number of rotatable bonds is 7. The molecule has 0 spiro atoms. The molecule has 3 N–H and O–H groups in total. The zero-order chi connectivity index (χ0) is 21.6. The molecule has 0 aromatic carbocycles. The lowest BCUT2D eigenvalue weighted by Gasteiger charge is -2.26. The molecule has 4 rings (SSSR count). The summed E-state index contributed by atoms with van der Waals surface area (Å²) in [6.45, 7) is 5.33. The monoisotopic (exact) mass is 428 g/mol. The summed E-state index contributed by atoms with van der Waals surface area (Å²) in [5, 5.41) is 6.33. The fraction of sp³-hybridized carbons (Fsp3) is 0.636. The number of aromatic amines is 1. The predicted octanol–water partition coefficient (Wildman–Crippen LogP) is 1.86. The second-order valence-corrected chi connectivity index (χ2v) is 8.34. The molecule has 3 heterocycles. The molecule has 2 aromatic heterocycles. The molecular weight excluding hydrogens is 396 g/mol. The second-order valence-electron chi connectivity index (χ2n) is 8.34. The van der Waals surface area contributed by atoms with Gasteiger partial charge in [0, 0.05) is 38.8 Å². The first-order valence-electron chi connectivity index (χ1n) is 11.4. The van der Waals surface area contributed by atoms with Crippen LogP contribution in [0.1, 0.15) is 60.5 Å². The molecule has 31 heavy (non-hydrogen) atoms. The summed E-state index contributed by atoms with van der Waals surface area (Å²) in [4.78, 5) is 40.1. The van der Waals surface area contributed by atoms with Gasteiger partial charge in [0.25, 0.3) is 5.91 Å². The van der Waals surface area contributed by atoms with Gasteiger partial charge in [0.05, 0.1) is 24.3 Å². The number of amides is 1. The van der Waals surface area contributed by atoms with Crippen LogP contribution < -0.4 is 16.1 Å². The fourth-order valence-electron chi connectivity index (χ4n) is 4.53. The number of pyridine rings is 1. The SMILES string of the molecule is CNC(=O)c1c[nH]c2nc(NCCCN3CCOCC3)nc(C3CCCCC3)c2c1=O. The molecule has 0 atom stereocenters. The van der Waals surface area contributed by atoms with Crippen molar-refractivity contribution in [3.05, 3.63) is 27.7 Å². The number of aromatic nitrogens is 3. The zero-order valence-corrected chi connectivity index (χ0v) is 18.2. The Hall–Kier alpha value is -2.52. The molecular formula is C22H32N6O3. The summed E-state index contributed by atoms with van der Waals surface area (Å²) < 4.78 is 5.40. The van der Waals surface area contributed by atoms with Crippen molar-refractivity contribution in [2.24, 2.45) is 0 Å². The Morgan fingerprint density at radius 1 is 1.23 bits per heavy atom. The molecule has 1 amide bonds. The number of ether oxygens (including phenoxy) is 1. The van der Waals surface area contributed by atoms with Gasteiger partial charge in [-0.15, -0.1) is 0 Å². The molecule has 2 aliphatic rings. The molecule has 1 saturated carbocycles. The van der Waals surface area contributed by atoms with Crippen molar-refractivity contribution in [2.75, 3.05) is 51.8 Å². The summed E-state index contributed by atoms with van der Waals surface area (Å²) in [5.74, 6) is 0.357. The third-order valence-electron chi connectivity index (χ3n) is 6.26. The van der Waals surface area contributed by atoms with Crippen LogP contribution in [0.15, 0.2) is 11.0 Å². The van der Waals surface area contributed by atoms with Crippen LogP contribution in [-0.4, -0.2) is 72.2 Å². The van der Waals surface area contributed by atoms with E-state index in [-0.39, 0.29) is 16.9 Å². The van der Waals surface area contributed by atoms with E-state index in [2.05, 4.69) is 25.5 Å². The summed E-state index contributed by atoms with van der Waals surface area (Å²) in [7, 11) is 1.52. The van der Waals surface area contributed by atoms with Crippen LogP contribution in [0.25, 0.3) is 11.0 Å². The van der Waals surface area contributed by atoms with Gasteiger partial charge in [0.1, 0.15) is 11.2 Å². The smallest absolute Gasteiger partial charge is 0.256 e. The number of morpholine rings is 1. The van der Waals surface area contributed by atoms with E-state index in [1.54, 1.807) is 0 Å². The molecule has 1 saturated heterocycles. The highest BCUT2D eigenvalue weighted by molar-refractivity contribution is 5.97. The Kier molecular flexibility index (Phi) is 7.14. The molecule has 168 valence electrons. The van der Waals surface area contributed by atoms with Crippen LogP contribution in [-0.2, 0) is 4.74 Å². The predicted molar refractivity (Wildman–Crippen MR) is 120 cm³/mol. The van der Waals surface area contributed by atoms with Gasteiger partial charge in [-0.1, -0.05) is 19.3 Å². The number of nitrogens with zero attached hydrogens (tertiary/aromatic N) is 3. The first-order valence-corrected chi connectivity index (χ1v) is 11.4. The van der Waals surface area contributed by atoms with Gasteiger partial charge < -0.3 is 20.4 Å². The van der Waals surface area contributed by atoms with E-state index < -0.39 is 5.91 Å². The van der Waals surface area contributed by atoms with Crippen LogP contribution in [0.3, 0.4) is 0 Å². The molecule has 1 aliphatic carbocycles. The number of hydrogen-bond acceptors (Lipinski definition) is 7. The Bertz CT molecular complexity index is 964. The summed E-state index contributed by atoms with van der Waals surface area (Å²) in [6.07, 6.45) is 7.91. The van der Waals surface area contributed by atoms with E-state index in [9.17, 15) is 9.59 Å². The van der Waals surface area contributed by atoms with Gasteiger partial charge in [-0.25, -0.2) is 4.98 Å². The molecule has 2 aromatic rings. The van der Waals surface area contributed by atoms with Crippen molar-refractivity contribution >= 4 is 22.9 Å². The highest BCUT2D eigenvalue weighted by atomic mass is 16.5. The van der Waals surface area contributed by atoms with Crippen LogP contribution in [0.2, 0.25) is 0 Å². The number of H-pyrrole nitrogens is 1. The highest BCUT2D eigenvalue weighted by Gasteiger charge is 2.24. The van der Waals surface area contributed by atoms with Crippen LogP contribution >= 0.6 is 0 Å². The number of anilines is 1. The van der Waals surface area contributed by atoms with Crippen molar-refractivity contribution < 1.29 is 9.53 Å². The van der Waals surface area contributed by atoms with Crippen molar-refractivity contribution in [3.63, 3.8) is 0 Å². The quantitative estimate of drug-likeness (QED) is 0.577. The lowest BCUT2D eigenvalue weighted by molar-refractivity contribution is 0.0378. The van der Waals surface area contributed by atoms with E-state index in [0.717, 1.165) is 77.2 Å². The molecule has 9 heteroatoms. The number of carbonyl (C=O) groups excluding carboxylic acids is 1. The number of fused-ring (bicyclic) bond motifs is 1. The lowest BCUT2D eigenvalue weighted by Crippen LogP contribution is -2.37. The van der Waals surface area contributed by atoms with Gasteiger partial charge in [-0.2, -0.15) is 4.98 Å². The molecule has 2 fully saturated rings. The van der Waals surface area contributed by atoms with Crippen molar-refractivity contribution in [3.8, 4) is 0 Å². The number of carbonyl (C=O) groups is 1. The Morgan fingerprint density at radius 3 is 2.74 bits per heavy atom. The van der Waals surface area contributed by atoms with Crippen molar-refractivity contribution in [1.82, 2.24) is 25.2 Å². The van der Waals surface area contributed by atoms with Crippen LogP contribution in [0.4, 0.5) is 5.95 Å². The molecule has 0 radical (unpaired) electrons. The van der Waals surface area contributed by atoms with E-state index in [4.69, 9.17) is 9.72 Å². The second kappa shape index (κ2) is 10.2. The molecule has 1 aliphatic heterocycles. The summed E-state index contributed by atoms with van der Waals surface area (Å²) in [6, 6.07) is 0. The van der Waals surface area contributed by atoms with E-state index >= 15 is 0 Å². The minimum absolute atomic E-state index is 0.0990. The van der Waals surface area contributed by atoms with Gasteiger partial charge in [-0.05, 0) is 25.8 Å². The summed E-state index contributed by atoms with van der Waals surface area (Å²) in [5.41, 5.74) is 1.06. The van der Waals surface area contributed by atoms with E-state index in [1.165, 1.54) is 19.7 Å². The minimum Gasteiger partial charge on any atom is -0.379 e. The Balaban J connectivity index is 1.58. The number of nitrogens with one attached hydrogen (secondary N) is 3. The minimum atomic E-state index is -0.400. The van der Waals surface area contributed by atoms with Gasteiger partial charge in [0.2, 0.25) is 11.4 Å². The third-order valence-corrected chi connectivity index (χ3v) is 6.26. The maximum Gasteiger partial charge on any atom is 0.256 e. The topological polar surface area (TPSA) is 112 Å². The number of hydrogen-bond donors (Lipinski definition) is 3. The van der Waals surface area contributed by atoms with E-state index in [1.807, 2.05) is 0 Å².